The molecule has 0 saturated heterocycles. The Bertz CT molecular complexity index is 1160. The van der Waals surface area contributed by atoms with Crippen molar-refractivity contribution < 1.29 is 35.1 Å². The maximum Gasteiger partial charge on any atom is 0.333 e. The third-order valence-corrected chi connectivity index (χ3v) is 14.5. The average molecular weight is 589 g/mol. The number of rotatable bonds is 4. The molecule has 0 aromatic heterocycles. The highest BCUT2D eigenvalue weighted by atomic mass is 16.6. The number of ether oxygens (including phenoxy) is 1. The van der Waals surface area contributed by atoms with Gasteiger partial charge in [-0.15, -0.1) is 0 Å². The van der Waals surface area contributed by atoms with Gasteiger partial charge in [0.15, 0.2) is 0 Å². The monoisotopic (exact) mass is 588 g/mol. The zero-order chi connectivity index (χ0) is 31.3. The van der Waals surface area contributed by atoms with E-state index in [-0.39, 0.29) is 34.7 Å². The molecule has 0 aliphatic heterocycles. The summed E-state index contributed by atoms with van der Waals surface area (Å²) in [4.78, 5) is 12.9. The number of aliphatic hydroxyl groups is 5. The van der Waals surface area contributed by atoms with Crippen LogP contribution < -0.4 is 0 Å². The fraction of sp³-hybridized carbons (Fsp3) is 0.857. The van der Waals surface area contributed by atoms with E-state index in [1.165, 1.54) is 5.57 Å². The molecule has 0 amide bonds. The van der Waals surface area contributed by atoms with E-state index in [2.05, 4.69) is 33.8 Å². The first kappa shape index (κ1) is 32.2. The molecule has 5 aliphatic carbocycles. The lowest BCUT2D eigenvalue weighted by molar-refractivity contribution is -0.262. The number of hydrogen-bond acceptors (Lipinski definition) is 7. The number of fused-ring (bicyclic) bond motifs is 7. The van der Waals surface area contributed by atoms with Crippen molar-refractivity contribution in [3.63, 3.8) is 0 Å². The second-order valence-electron chi connectivity index (χ2n) is 16.5. The third kappa shape index (κ3) is 3.92. The Labute approximate surface area is 252 Å². The molecule has 0 spiro atoms. The molecule has 5 N–H and O–H groups in total. The molecular weight excluding hydrogens is 532 g/mol. The number of carbonyl (C=O) groups is 1. The van der Waals surface area contributed by atoms with Gasteiger partial charge >= 0.3 is 5.97 Å². The van der Waals surface area contributed by atoms with E-state index in [4.69, 9.17) is 4.74 Å². The molecule has 0 unspecified atom stereocenters. The molecular formula is C35H56O7. The van der Waals surface area contributed by atoms with Crippen molar-refractivity contribution in [3.05, 3.63) is 23.3 Å². The van der Waals surface area contributed by atoms with Gasteiger partial charge in [0.05, 0.1) is 30.8 Å². The summed E-state index contributed by atoms with van der Waals surface area (Å²) in [6, 6.07) is 0. The van der Waals surface area contributed by atoms with Gasteiger partial charge in [-0.3, -0.25) is 0 Å². The highest BCUT2D eigenvalue weighted by molar-refractivity contribution is 5.87. The van der Waals surface area contributed by atoms with Gasteiger partial charge in [0.2, 0.25) is 0 Å². The molecule has 5 rings (SSSR count). The predicted molar refractivity (Wildman–Crippen MR) is 161 cm³/mol. The first-order valence-electron chi connectivity index (χ1n) is 16.2. The van der Waals surface area contributed by atoms with Crippen molar-refractivity contribution in [3.8, 4) is 0 Å². The minimum Gasteiger partial charge on any atom is -0.456 e. The summed E-state index contributed by atoms with van der Waals surface area (Å²) in [5.74, 6) is -0.241. The minimum absolute atomic E-state index is 0.0255. The number of esters is 1. The predicted octanol–water partition coefficient (Wildman–Crippen LogP) is 4.54. The third-order valence-electron chi connectivity index (χ3n) is 14.5. The van der Waals surface area contributed by atoms with Gasteiger partial charge in [0.25, 0.3) is 0 Å². The van der Waals surface area contributed by atoms with Gasteiger partial charge in [-0.1, -0.05) is 59.3 Å². The van der Waals surface area contributed by atoms with E-state index in [9.17, 15) is 30.3 Å². The molecule has 0 bridgehead atoms. The van der Waals surface area contributed by atoms with Crippen LogP contribution in [-0.4, -0.2) is 69.1 Å². The van der Waals surface area contributed by atoms with Crippen molar-refractivity contribution in [1.82, 2.24) is 0 Å². The number of aliphatic hydroxyl groups excluding tert-OH is 5. The molecule has 4 fully saturated rings. The fourth-order valence-electron chi connectivity index (χ4n) is 11.5. The Morgan fingerprint density at radius 2 is 1.62 bits per heavy atom. The van der Waals surface area contributed by atoms with E-state index in [0.717, 1.165) is 25.7 Å². The lowest BCUT2D eigenvalue weighted by Gasteiger charge is -2.72. The molecule has 5 aliphatic rings. The minimum atomic E-state index is -1.23. The van der Waals surface area contributed by atoms with Crippen LogP contribution in [0.25, 0.3) is 0 Å². The van der Waals surface area contributed by atoms with E-state index in [0.29, 0.717) is 30.8 Å². The summed E-state index contributed by atoms with van der Waals surface area (Å²) >= 11 is 0. The molecule has 0 aromatic carbocycles. The summed E-state index contributed by atoms with van der Waals surface area (Å²) < 4.78 is 5.93. The van der Waals surface area contributed by atoms with E-state index < -0.39 is 53.2 Å². The SMILES string of the molecule is C/C=C(\C)C(=O)O[C@H]1[C@H](O)[C@]2(CO)[C@H](O)C[C@]3(C)C(=CC[C@H]4[C@@]5(C)CC[C@H](O)[C@](C)(CO)[C@@H]5CC[C@]43C)[C@H]2CC1(C)C. The molecule has 238 valence electrons. The number of allylic oxidation sites excluding steroid dienone is 3. The van der Waals surface area contributed by atoms with Crippen LogP contribution in [0.1, 0.15) is 100 Å². The van der Waals surface area contributed by atoms with Gasteiger partial charge in [-0.05, 0) is 92.8 Å². The second-order valence-corrected chi connectivity index (χ2v) is 16.5. The molecule has 0 heterocycles. The van der Waals surface area contributed by atoms with Crippen molar-refractivity contribution in [2.75, 3.05) is 13.2 Å². The van der Waals surface area contributed by atoms with E-state index >= 15 is 0 Å². The van der Waals surface area contributed by atoms with Crippen LogP contribution in [0.5, 0.6) is 0 Å². The Balaban J connectivity index is 1.58. The summed E-state index contributed by atoms with van der Waals surface area (Å²) in [5, 5.41) is 56.6. The molecule has 4 saturated carbocycles. The Kier molecular flexibility index (Phi) is 7.76. The molecule has 0 radical (unpaired) electrons. The van der Waals surface area contributed by atoms with Gasteiger partial charge in [-0.2, -0.15) is 0 Å². The van der Waals surface area contributed by atoms with Crippen LogP contribution in [-0.2, 0) is 9.53 Å². The molecule has 0 aromatic rings. The van der Waals surface area contributed by atoms with Crippen LogP contribution in [0.15, 0.2) is 23.3 Å². The van der Waals surface area contributed by atoms with E-state index in [1.54, 1.807) is 19.9 Å². The molecule has 42 heavy (non-hydrogen) atoms. The molecule has 12 atom stereocenters. The zero-order valence-electron chi connectivity index (χ0n) is 27.1. The lowest BCUT2D eigenvalue weighted by Crippen LogP contribution is -2.72. The summed E-state index contributed by atoms with van der Waals surface area (Å²) in [7, 11) is 0. The van der Waals surface area contributed by atoms with Crippen molar-refractivity contribution in [1.29, 1.82) is 0 Å². The normalized spacial score (nSPS) is 51.8. The van der Waals surface area contributed by atoms with Gasteiger partial charge in [0, 0.05) is 16.4 Å². The lowest BCUT2D eigenvalue weighted by atomic mass is 9.33. The van der Waals surface area contributed by atoms with Crippen molar-refractivity contribution in [2.24, 2.45) is 50.2 Å². The maximum atomic E-state index is 12.9. The highest BCUT2D eigenvalue weighted by Crippen LogP contribution is 2.75. The first-order chi connectivity index (χ1) is 19.4. The van der Waals surface area contributed by atoms with Crippen LogP contribution in [0.4, 0.5) is 0 Å². The summed E-state index contributed by atoms with van der Waals surface area (Å²) in [6.07, 6.45) is 5.72. The fourth-order valence-corrected chi connectivity index (χ4v) is 11.5. The van der Waals surface area contributed by atoms with Gasteiger partial charge < -0.3 is 30.3 Å². The maximum absolute atomic E-state index is 12.9. The largest absolute Gasteiger partial charge is 0.456 e. The standard InChI is InChI=1S/C35H56O7/c1-9-20(2)29(41)42-28-27(40)35(19-37)22(16-30(28,3)4)21-10-11-24-31(5)14-13-25(38)32(6,18-36)23(31)12-15-33(24,7)34(21,8)17-26(35)39/h9-10,22-28,36-40H,11-19H2,1-8H3/b20-9+/t22-,23-,24+,25+,26-,27+,28+,31+,32-,33-,34-,35+/m1/s1. The Morgan fingerprint density at radius 1 is 0.952 bits per heavy atom. The van der Waals surface area contributed by atoms with Gasteiger partial charge in [0.1, 0.15) is 12.2 Å². The Hall–Kier alpha value is -1.25. The molecule has 7 nitrogen and oxygen atoms in total. The zero-order valence-corrected chi connectivity index (χ0v) is 27.1. The van der Waals surface area contributed by atoms with Gasteiger partial charge in [-0.25, -0.2) is 4.79 Å². The average Bonchev–Trinajstić information content (AvgIpc) is 2.93. The van der Waals surface area contributed by atoms with E-state index in [1.807, 2.05) is 13.8 Å². The van der Waals surface area contributed by atoms with Crippen molar-refractivity contribution in [2.45, 2.75) is 125 Å². The quantitative estimate of drug-likeness (QED) is 0.185. The smallest absolute Gasteiger partial charge is 0.333 e. The van der Waals surface area contributed by atoms with Crippen LogP contribution in [0.2, 0.25) is 0 Å². The topological polar surface area (TPSA) is 127 Å². The van der Waals surface area contributed by atoms with Crippen LogP contribution in [0, 0.1) is 50.2 Å². The highest BCUT2D eigenvalue weighted by Gasteiger charge is 2.72. The number of carbonyl (C=O) groups excluding carboxylic acids is 1. The Morgan fingerprint density at radius 3 is 2.21 bits per heavy atom. The molecule has 7 heteroatoms. The number of hydrogen-bond donors (Lipinski definition) is 5. The summed E-state index contributed by atoms with van der Waals surface area (Å²) in [5.41, 5.74) is -1.25. The van der Waals surface area contributed by atoms with Crippen LogP contribution in [0.3, 0.4) is 0 Å². The summed E-state index contributed by atoms with van der Waals surface area (Å²) in [6.45, 7) is 16.2. The first-order valence-corrected chi connectivity index (χ1v) is 16.2. The second kappa shape index (κ2) is 10.1. The van der Waals surface area contributed by atoms with Crippen molar-refractivity contribution >= 4 is 5.97 Å². The van der Waals surface area contributed by atoms with Crippen LogP contribution >= 0.6 is 0 Å².